The number of aromatic nitrogens is 4. The van der Waals surface area contributed by atoms with Gasteiger partial charge in [-0.15, -0.1) is 21.5 Å². The number of nitrogens with one attached hydrogen (secondary N) is 2. The molecule has 2 aromatic heterocycles. The number of rotatable bonds is 4. The molecule has 9 heteroatoms. The van der Waals surface area contributed by atoms with Crippen LogP contribution in [0.3, 0.4) is 0 Å². The lowest BCUT2D eigenvalue weighted by molar-refractivity contribution is 0.0788. The first-order valence-corrected chi connectivity index (χ1v) is 9.94. The molecule has 2 aromatic rings. The van der Waals surface area contributed by atoms with Crippen molar-refractivity contribution in [1.82, 2.24) is 25.3 Å². The summed E-state index contributed by atoms with van der Waals surface area (Å²) in [7, 11) is 0. The van der Waals surface area contributed by atoms with Crippen LogP contribution in [-0.2, 0) is 0 Å². The zero-order valence-electron chi connectivity index (χ0n) is 14.7. The van der Waals surface area contributed by atoms with Crippen LogP contribution in [0.4, 0.5) is 5.82 Å². The van der Waals surface area contributed by atoms with Gasteiger partial charge in [-0.3, -0.25) is 9.59 Å². The minimum absolute atomic E-state index is 0.165. The molecule has 0 aromatic carbocycles. The SMILES string of the molecule is Cc1nc(C2CCCC2)sc1C(=O)Nc1n[nH]nc1C(=O)N1CCCC1. The number of H-pyrrole nitrogens is 1. The molecule has 2 fully saturated rings. The lowest BCUT2D eigenvalue weighted by Crippen LogP contribution is -2.29. The molecular weight excluding hydrogens is 352 g/mol. The summed E-state index contributed by atoms with van der Waals surface area (Å²) >= 11 is 1.45. The van der Waals surface area contributed by atoms with Gasteiger partial charge in [0.05, 0.1) is 10.7 Å². The lowest BCUT2D eigenvalue weighted by atomic mass is 10.1. The fourth-order valence-electron chi connectivity index (χ4n) is 3.68. The maximum atomic E-state index is 12.7. The van der Waals surface area contributed by atoms with Gasteiger partial charge in [0.15, 0.2) is 11.5 Å². The second kappa shape index (κ2) is 7.14. The van der Waals surface area contributed by atoms with Crippen LogP contribution in [0.25, 0.3) is 0 Å². The van der Waals surface area contributed by atoms with Crippen molar-refractivity contribution in [2.45, 2.75) is 51.4 Å². The van der Waals surface area contributed by atoms with Crippen molar-refractivity contribution in [3.63, 3.8) is 0 Å². The average molecular weight is 374 g/mol. The van der Waals surface area contributed by atoms with E-state index < -0.39 is 0 Å². The highest BCUT2D eigenvalue weighted by molar-refractivity contribution is 7.14. The molecule has 0 atom stereocenters. The smallest absolute Gasteiger partial charge is 0.278 e. The van der Waals surface area contributed by atoms with Gasteiger partial charge in [-0.2, -0.15) is 5.21 Å². The minimum atomic E-state index is -0.284. The van der Waals surface area contributed by atoms with Crippen molar-refractivity contribution in [2.24, 2.45) is 0 Å². The number of amides is 2. The summed E-state index contributed by atoms with van der Waals surface area (Å²) in [4.78, 5) is 32.2. The molecule has 3 heterocycles. The van der Waals surface area contributed by atoms with E-state index in [0.717, 1.165) is 49.5 Å². The summed E-state index contributed by atoms with van der Waals surface area (Å²) in [5, 5.41) is 14.1. The number of hydrogen-bond acceptors (Lipinski definition) is 6. The molecule has 1 saturated carbocycles. The van der Waals surface area contributed by atoms with E-state index in [2.05, 4.69) is 25.7 Å². The van der Waals surface area contributed by atoms with Crippen molar-refractivity contribution in [2.75, 3.05) is 18.4 Å². The van der Waals surface area contributed by atoms with Gasteiger partial charge >= 0.3 is 0 Å². The summed E-state index contributed by atoms with van der Waals surface area (Å²) in [6, 6.07) is 0. The Morgan fingerprint density at radius 2 is 1.88 bits per heavy atom. The number of hydrogen-bond donors (Lipinski definition) is 2. The summed E-state index contributed by atoms with van der Waals surface area (Å²) in [5.74, 6) is 0.176. The first-order chi connectivity index (χ1) is 12.6. The maximum Gasteiger partial charge on any atom is 0.278 e. The number of carbonyl (C=O) groups is 2. The van der Waals surface area contributed by atoms with Crippen LogP contribution < -0.4 is 5.32 Å². The predicted molar refractivity (Wildman–Crippen MR) is 97.5 cm³/mol. The number of nitrogens with zero attached hydrogens (tertiary/aromatic N) is 4. The molecule has 0 unspecified atom stereocenters. The molecule has 8 nitrogen and oxygen atoms in total. The van der Waals surface area contributed by atoms with Crippen LogP contribution in [0.5, 0.6) is 0 Å². The number of aryl methyl sites for hydroxylation is 1. The zero-order chi connectivity index (χ0) is 18.1. The van der Waals surface area contributed by atoms with Gasteiger partial charge in [-0.25, -0.2) is 4.98 Å². The molecule has 0 radical (unpaired) electrons. The third-order valence-electron chi connectivity index (χ3n) is 5.10. The zero-order valence-corrected chi connectivity index (χ0v) is 15.6. The molecule has 2 aliphatic rings. The standard InChI is InChI=1S/C17H22N6O2S/c1-10-13(26-16(18-10)11-6-2-3-7-11)15(24)19-14-12(20-22-21-14)17(25)23-8-4-5-9-23/h11H,2-9H2,1H3,(H2,19,20,21,22,24). The average Bonchev–Trinajstić information content (AvgIpc) is 3.40. The van der Waals surface area contributed by atoms with Gasteiger partial charge in [-0.1, -0.05) is 12.8 Å². The molecule has 138 valence electrons. The summed E-state index contributed by atoms with van der Waals surface area (Å²) in [6.07, 6.45) is 6.74. The molecule has 0 bridgehead atoms. The highest BCUT2D eigenvalue weighted by Crippen LogP contribution is 2.37. The van der Waals surface area contributed by atoms with Crippen molar-refractivity contribution in [1.29, 1.82) is 0 Å². The Morgan fingerprint density at radius 3 is 2.62 bits per heavy atom. The molecule has 1 aliphatic heterocycles. The quantitative estimate of drug-likeness (QED) is 0.856. The van der Waals surface area contributed by atoms with E-state index in [1.807, 2.05) is 6.92 Å². The Morgan fingerprint density at radius 1 is 1.15 bits per heavy atom. The number of aromatic amines is 1. The van der Waals surface area contributed by atoms with E-state index in [1.165, 1.54) is 24.2 Å². The number of carbonyl (C=O) groups excluding carboxylic acids is 2. The topological polar surface area (TPSA) is 104 Å². The largest absolute Gasteiger partial charge is 0.337 e. The van der Waals surface area contributed by atoms with Crippen LogP contribution in [-0.4, -0.2) is 50.2 Å². The van der Waals surface area contributed by atoms with Crippen molar-refractivity contribution >= 4 is 29.0 Å². The van der Waals surface area contributed by atoms with Crippen LogP contribution in [0, 0.1) is 6.92 Å². The van der Waals surface area contributed by atoms with Crippen molar-refractivity contribution in [3.05, 3.63) is 21.3 Å². The predicted octanol–water partition coefficient (Wildman–Crippen LogP) is 2.72. The lowest BCUT2D eigenvalue weighted by Gasteiger charge is -2.13. The normalized spacial score (nSPS) is 17.8. The number of anilines is 1. The van der Waals surface area contributed by atoms with Gasteiger partial charge in [0, 0.05) is 19.0 Å². The summed E-state index contributed by atoms with van der Waals surface area (Å²) in [6.45, 7) is 3.29. The number of thiazole rings is 1. The minimum Gasteiger partial charge on any atom is -0.337 e. The summed E-state index contributed by atoms with van der Waals surface area (Å²) in [5.41, 5.74) is 0.892. The Kier molecular flexibility index (Phi) is 4.71. The molecule has 0 spiro atoms. The van der Waals surface area contributed by atoms with E-state index in [1.54, 1.807) is 4.90 Å². The molecule has 2 amide bonds. The monoisotopic (exact) mass is 374 g/mol. The van der Waals surface area contributed by atoms with Gasteiger partial charge < -0.3 is 10.2 Å². The molecule has 4 rings (SSSR count). The Labute approximate surface area is 155 Å². The first-order valence-electron chi connectivity index (χ1n) is 9.12. The van der Waals surface area contributed by atoms with E-state index in [0.29, 0.717) is 10.8 Å². The van der Waals surface area contributed by atoms with Crippen LogP contribution >= 0.6 is 11.3 Å². The van der Waals surface area contributed by atoms with Gasteiger partial charge in [0.25, 0.3) is 11.8 Å². The van der Waals surface area contributed by atoms with E-state index in [4.69, 9.17) is 0 Å². The number of likely N-dealkylation sites (tertiary alicyclic amines) is 1. The highest BCUT2D eigenvalue weighted by Gasteiger charge is 2.28. The highest BCUT2D eigenvalue weighted by atomic mass is 32.1. The maximum absolute atomic E-state index is 12.7. The van der Waals surface area contributed by atoms with Gasteiger partial charge in [0.2, 0.25) is 0 Å². The van der Waals surface area contributed by atoms with Gasteiger partial charge in [0.1, 0.15) is 4.88 Å². The van der Waals surface area contributed by atoms with E-state index in [9.17, 15) is 9.59 Å². The molecular formula is C17H22N6O2S. The third kappa shape index (κ3) is 3.23. The van der Waals surface area contributed by atoms with E-state index in [-0.39, 0.29) is 23.3 Å². The molecule has 1 saturated heterocycles. The van der Waals surface area contributed by atoms with Crippen molar-refractivity contribution < 1.29 is 9.59 Å². The van der Waals surface area contributed by atoms with Crippen molar-refractivity contribution in [3.8, 4) is 0 Å². The molecule has 26 heavy (non-hydrogen) atoms. The molecule has 2 N–H and O–H groups in total. The second-order valence-electron chi connectivity index (χ2n) is 6.92. The van der Waals surface area contributed by atoms with E-state index >= 15 is 0 Å². The van der Waals surface area contributed by atoms with Crippen LogP contribution in [0.2, 0.25) is 0 Å². The Balaban J connectivity index is 1.50. The molecule has 1 aliphatic carbocycles. The summed E-state index contributed by atoms with van der Waals surface area (Å²) < 4.78 is 0. The fourth-order valence-corrected chi connectivity index (χ4v) is 4.81. The first kappa shape index (κ1) is 17.1. The fraction of sp³-hybridized carbons (Fsp3) is 0.588. The Hall–Kier alpha value is -2.29. The Bertz CT molecular complexity index is 817. The second-order valence-corrected chi connectivity index (χ2v) is 7.95. The van der Waals surface area contributed by atoms with Gasteiger partial charge in [-0.05, 0) is 32.6 Å². The van der Waals surface area contributed by atoms with Crippen LogP contribution in [0.15, 0.2) is 0 Å². The third-order valence-corrected chi connectivity index (χ3v) is 6.42. The van der Waals surface area contributed by atoms with Crippen LogP contribution in [0.1, 0.15) is 75.3 Å².